The number of methoxy groups -OCH3 is 1. The fourth-order valence-electron chi connectivity index (χ4n) is 4.04. The predicted octanol–water partition coefficient (Wildman–Crippen LogP) is 2.79. The van der Waals surface area contributed by atoms with Gasteiger partial charge in [-0.1, -0.05) is 6.92 Å². The van der Waals surface area contributed by atoms with Crippen molar-refractivity contribution in [3.63, 3.8) is 0 Å². The number of benzene rings is 1. The van der Waals surface area contributed by atoms with Crippen LogP contribution in [0.1, 0.15) is 31.0 Å². The van der Waals surface area contributed by atoms with Crippen LogP contribution in [0.15, 0.2) is 18.2 Å². The van der Waals surface area contributed by atoms with Gasteiger partial charge < -0.3 is 14.6 Å². The maximum Gasteiger partial charge on any atom is 0.237 e. The Bertz CT molecular complexity index is 775. The van der Waals surface area contributed by atoms with Gasteiger partial charge in [-0.3, -0.25) is 9.69 Å². The summed E-state index contributed by atoms with van der Waals surface area (Å²) in [7, 11) is 1.69. The molecular formula is C20H27N3O2. The molecule has 0 spiro atoms. The number of ether oxygens (including phenoxy) is 1. The first-order chi connectivity index (χ1) is 12.1. The second-order valence-electron chi connectivity index (χ2n) is 7.52. The normalized spacial score (nSPS) is 19.2. The number of fused-ring (bicyclic) bond motifs is 3. The van der Waals surface area contributed by atoms with E-state index in [9.17, 15) is 4.79 Å². The van der Waals surface area contributed by atoms with Crippen LogP contribution in [0.4, 0.5) is 0 Å². The molecule has 134 valence electrons. The number of carbonyl (C=O) groups is 1. The standard InChI is InChI=1S/C20H27N3O2/c1-14-5-8-22(9-6-14)13-20(24)23-10-7-19-17(12-23)16-11-15(25-2)3-4-18(16)21-19/h3-4,11,14,21H,5-10,12-13H2,1-2H3. The second-order valence-corrected chi connectivity index (χ2v) is 7.52. The molecule has 3 heterocycles. The molecule has 5 heteroatoms. The third-order valence-corrected chi connectivity index (χ3v) is 5.77. The van der Waals surface area contributed by atoms with Crippen LogP contribution >= 0.6 is 0 Å². The smallest absolute Gasteiger partial charge is 0.237 e. The van der Waals surface area contributed by atoms with Gasteiger partial charge >= 0.3 is 0 Å². The van der Waals surface area contributed by atoms with Crippen molar-refractivity contribution in [2.45, 2.75) is 32.7 Å². The van der Waals surface area contributed by atoms with Gasteiger partial charge in [-0.2, -0.15) is 0 Å². The third-order valence-electron chi connectivity index (χ3n) is 5.77. The highest BCUT2D eigenvalue weighted by atomic mass is 16.5. The number of aromatic nitrogens is 1. The van der Waals surface area contributed by atoms with Gasteiger partial charge in [-0.25, -0.2) is 0 Å². The number of hydrogen-bond acceptors (Lipinski definition) is 3. The number of likely N-dealkylation sites (tertiary alicyclic amines) is 1. The zero-order valence-electron chi connectivity index (χ0n) is 15.2. The lowest BCUT2D eigenvalue weighted by Crippen LogP contribution is -2.44. The molecule has 0 aliphatic carbocycles. The van der Waals surface area contributed by atoms with Crippen molar-refractivity contribution >= 4 is 16.8 Å². The van der Waals surface area contributed by atoms with E-state index in [4.69, 9.17) is 4.74 Å². The van der Waals surface area contributed by atoms with Crippen molar-refractivity contribution in [3.8, 4) is 5.75 Å². The highest BCUT2D eigenvalue weighted by molar-refractivity contribution is 5.87. The Hall–Kier alpha value is -2.01. The number of nitrogens with one attached hydrogen (secondary N) is 1. The van der Waals surface area contributed by atoms with E-state index in [2.05, 4.69) is 28.9 Å². The second kappa shape index (κ2) is 6.71. The van der Waals surface area contributed by atoms with Gasteiger partial charge in [0.05, 0.1) is 13.7 Å². The molecule has 5 nitrogen and oxygen atoms in total. The first-order valence-electron chi connectivity index (χ1n) is 9.31. The van der Waals surface area contributed by atoms with E-state index in [0.717, 1.165) is 43.2 Å². The van der Waals surface area contributed by atoms with Crippen LogP contribution in [-0.2, 0) is 17.8 Å². The van der Waals surface area contributed by atoms with Crippen molar-refractivity contribution < 1.29 is 9.53 Å². The van der Waals surface area contributed by atoms with Crippen LogP contribution < -0.4 is 4.74 Å². The minimum atomic E-state index is 0.262. The lowest BCUT2D eigenvalue weighted by molar-refractivity contribution is -0.133. The summed E-state index contributed by atoms with van der Waals surface area (Å²) in [5.74, 6) is 1.92. The van der Waals surface area contributed by atoms with Crippen LogP contribution in [0.2, 0.25) is 0 Å². The summed E-state index contributed by atoms with van der Waals surface area (Å²) < 4.78 is 5.37. The number of hydrogen-bond donors (Lipinski definition) is 1. The van der Waals surface area contributed by atoms with Crippen LogP contribution in [0.25, 0.3) is 10.9 Å². The number of nitrogens with zero attached hydrogens (tertiary/aromatic N) is 2. The summed E-state index contributed by atoms with van der Waals surface area (Å²) in [6.07, 6.45) is 3.31. The number of aromatic amines is 1. The molecule has 2 aliphatic heterocycles. The molecule has 1 aromatic heterocycles. The molecule has 1 amide bonds. The SMILES string of the molecule is COc1ccc2[nH]c3c(c2c1)CN(C(=O)CN1CCC(C)CC1)CC3. The number of carbonyl (C=O) groups excluding carboxylic acids is 1. The fraction of sp³-hybridized carbons (Fsp3) is 0.550. The fourth-order valence-corrected chi connectivity index (χ4v) is 4.04. The van der Waals surface area contributed by atoms with E-state index in [1.807, 2.05) is 11.0 Å². The third kappa shape index (κ3) is 3.25. The zero-order valence-corrected chi connectivity index (χ0v) is 15.2. The molecule has 1 saturated heterocycles. The van der Waals surface area contributed by atoms with Crippen molar-refractivity contribution in [1.29, 1.82) is 0 Å². The summed E-state index contributed by atoms with van der Waals surface area (Å²) in [4.78, 5) is 20.6. The molecule has 1 N–H and O–H groups in total. The van der Waals surface area contributed by atoms with Gasteiger partial charge in [-0.15, -0.1) is 0 Å². The Morgan fingerprint density at radius 3 is 2.84 bits per heavy atom. The van der Waals surface area contributed by atoms with Gasteiger partial charge in [0.2, 0.25) is 5.91 Å². The Morgan fingerprint density at radius 1 is 1.28 bits per heavy atom. The van der Waals surface area contributed by atoms with Crippen molar-refractivity contribution in [2.24, 2.45) is 5.92 Å². The Morgan fingerprint density at radius 2 is 2.08 bits per heavy atom. The van der Waals surface area contributed by atoms with Gasteiger partial charge in [0, 0.05) is 41.7 Å². The molecule has 2 aliphatic rings. The maximum atomic E-state index is 12.8. The highest BCUT2D eigenvalue weighted by Gasteiger charge is 2.26. The zero-order chi connectivity index (χ0) is 17.4. The maximum absolute atomic E-state index is 12.8. The monoisotopic (exact) mass is 341 g/mol. The number of amides is 1. The topological polar surface area (TPSA) is 48.6 Å². The van der Waals surface area contributed by atoms with E-state index < -0.39 is 0 Å². The van der Waals surface area contributed by atoms with Crippen LogP contribution in [0, 0.1) is 5.92 Å². The van der Waals surface area contributed by atoms with Crippen LogP contribution in [0.3, 0.4) is 0 Å². The minimum Gasteiger partial charge on any atom is -0.497 e. The number of H-pyrrole nitrogens is 1. The van der Waals surface area contributed by atoms with E-state index in [1.54, 1.807) is 7.11 Å². The van der Waals surface area contributed by atoms with Gasteiger partial charge in [0.1, 0.15) is 5.75 Å². The average Bonchev–Trinajstić information content (AvgIpc) is 3.00. The van der Waals surface area contributed by atoms with Crippen molar-refractivity contribution in [1.82, 2.24) is 14.8 Å². The molecule has 0 atom stereocenters. The first-order valence-corrected chi connectivity index (χ1v) is 9.31. The highest BCUT2D eigenvalue weighted by Crippen LogP contribution is 2.30. The largest absolute Gasteiger partial charge is 0.497 e. The lowest BCUT2D eigenvalue weighted by Gasteiger charge is -2.33. The average molecular weight is 341 g/mol. The summed E-state index contributed by atoms with van der Waals surface area (Å²) in [6.45, 7) is 6.47. The van der Waals surface area contributed by atoms with Crippen molar-refractivity contribution in [3.05, 3.63) is 29.5 Å². The molecule has 1 fully saturated rings. The quantitative estimate of drug-likeness (QED) is 0.934. The Balaban J connectivity index is 1.49. The summed E-state index contributed by atoms with van der Waals surface area (Å²) in [6, 6.07) is 6.11. The van der Waals surface area contributed by atoms with Gasteiger partial charge in [0.25, 0.3) is 0 Å². The first kappa shape index (κ1) is 16.5. The van der Waals surface area contributed by atoms with Crippen LogP contribution in [0.5, 0.6) is 5.75 Å². The minimum absolute atomic E-state index is 0.262. The predicted molar refractivity (Wildman–Crippen MR) is 98.8 cm³/mol. The van der Waals surface area contributed by atoms with Crippen molar-refractivity contribution in [2.75, 3.05) is 33.3 Å². The molecule has 0 bridgehead atoms. The number of rotatable bonds is 3. The molecule has 1 aromatic carbocycles. The number of piperidine rings is 1. The molecule has 0 unspecified atom stereocenters. The molecule has 0 saturated carbocycles. The van der Waals surface area contributed by atoms with E-state index in [1.165, 1.54) is 29.5 Å². The summed E-state index contributed by atoms with van der Waals surface area (Å²) in [5, 5.41) is 1.18. The lowest BCUT2D eigenvalue weighted by atomic mass is 9.99. The Labute approximate surface area is 148 Å². The van der Waals surface area contributed by atoms with Gasteiger partial charge in [-0.05, 0) is 50.0 Å². The molecule has 25 heavy (non-hydrogen) atoms. The van der Waals surface area contributed by atoms with E-state index in [0.29, 0.717) is 13.1 Å². The Kier molecular flexibility index (Phi) is 4.42. The van der Waals surface area contributed by atoms with Gasteiger partial charge in [0.15, 0.2) is 0 Å². The molecule has 2 aromatic rings. The molecular weight excluding hydrogens is 314 g/mol. The molecule has 0 radical (unpaired) electrons. The summed E-state index contributed by atoms with van der Waals surface area (Å²) >= 11 is 0. The van der Waals surface area contributed by atoms with Crippen LogP contribution in [-0.4, -0.2) is 54.0 Å². The summed E-state index contributed by atoms with van der Waals surface area (Å²) in [5.41, 5.74) is 3.64. The van der Waals surface area contributed by atoms with E-state index >= 15 is 0 Å². The molecule has 4 rings (SSSR count). The van der Waals surface area contributed by atoms with E-state index in [-0.39, 0.29) is 5.91 Å².